The first-order chi connectivity index (χ1) is 30.6. The number of carbonyl (C=O) groups is 2. The van der Waals surface area contributed by atoms with E-state index in [1.807, 2.05) is 12.2 Å². The largest absolute Gasteiger partial charge is 0.461 e. The summed E-state index contributed by atoms with van der Waals surface area (Å²) in [5, 5.41) is 0. The third kappa shape index (κ3) is 49.0. The van der Waals surface area contributed by atoms with Crippen LogP contribution in [0.3, 0.4) is 0 Å². The highest BCUT2D eigenvalue weighted by Gasteiger charge is 2.17. The Hall–Kier alpha value is -3.70. The van der Waals surface area contributed by atoms with Gasteiger partial charge < -0.3 is 14.2 Å². The molecule has 0 saturated carbocycles. The summed E-state index contributed by atoms with van der Waals surface area (Å²) >= 11 is 0. The van der Waals surface area contributed by atoms with Gasteiger partial charge in [0.2, 0.25) is 0 Å². The average Bonchev–Trinajstić information content (AvgIpc) is 3.27. The van der Waals surface area contributed by atoms with E-state index in [4.69, 9.17) is 14.2 Å². The van der Waals surface area contributed by atoms with Gasteiger partial charge in [-0.1, -0.05) is 219 Å². The van der Waals surface area contributed by atoms with Crippen LogP contribution in [0.15, 0.2) is 122 Å². The lowest BCUT2D eigenvalue weighted by Gasteiger charge is -2.18. The molecule has 0 saturated heterocycles. The molecule has 5 nitrogen and oxygen atoms in total. The van der Waals surface area contributed by atoms with Gasteiger partial charge in [0.25, 0.3) is 0 Å². The van der Waals surface area contributed by atoms with Crippen LogP contribution >= 0.6 is 0 Å². The van der Waals surface area contributed by atoms with Crippen molar-refractivity contribution in [3.05, 3.63) is 122 Å². The van der Waals surface area contributed by atoms with Crippen LogP contribution in [-0.4, -0.2) is 37.9 Å². The monoisotopic (exact) mass is 857 g/mol. The maximum absolute atomic E-state index is 12.8. The molecule has 0 aliphatic heterocycles. The van der Waals surface area contributed by atoms with Gasteiger partial charge in [0, 0.05) is 13.0 Å². The molecule has 0 aliphatic rings. The standard InChI is InChI=1S/C57H92O5/c1-4-7-10-13-16-19-22-25-27-28-29-31-34-37-40-43-46-49-52-60-53-55(62-57(59)51-48-45-42-39-36-32-24-21-18-15-12-9-6-3)54-61-56(58)50-47-44-41-38-35-33-30-26-23-20-17-14-11-8-5-2/h7-8,10-11,16-17,19-20,25-27,29-31,35,37-38,40,44,47,55H,4-6,9,12-15,18,21-24,28,32-34,36,39,41-43,45-46,48-54H2,1-3H3/b10-7-,11-8-,19-16-,20-17-,27-25-,30-26-,31-29-,38-35-,40-37-,47-44-. The van der Waals surface area contributed by atoms with E-state index >= 15 is 0 Å². The van der Waals surface area contributed by atoms with Crippen molar-refractivity contribution in [2.24, 2.45) is 0 Å². The van der Waals surface area contributed by atoms with Crippen molar-refractivity contribution in [1.29, 1.82) is 0 Å². The van der Waals surface area contributed by atoms with E-state index in [1.54, 1.807) is 0 Å². The lowest BCUT2D eigenvalue weighted by Crippen LogP contribution is -2.30. The van der Waals surface area contributed by atoms with Crippen LogP contribution in [0.5, 0.6) is 0 Å². The fourth-order valence-electron chi connectivity index (χ4n) is 6.37. The number of hydrogen-bond donors (Lipinski definition) is 0. The topological polar surface area (TPSA) is 61.8 Å². The van der Waals surface area contributed by atoms with Crippen molar-refractivity contribution in [3.8, 4) is 0 Å². The first-order valence-electron chi connectivity index (χ1n) is 25.1. The van der Waals surface area contributed by atoms with Gasteiger partial charge in [-0.3, -0.25) is 9.59 Å². The summed E-state index contributed by atoms with van der Waals surface area (Å²) in [7, 11) is 0. The van der Waals surface area contributed by atoms with Gasteiger partial charge in [-0.05, 0) is 89.9 Å². The second-order valence-electron chi connectivity index (χ2n) is 16.0. The molecule has 0 radical (unpaired) electrons. The van der Waals surface area contributed by atoms with Crippen LogP contribution in [0, 0.1) is 0 Å². The van der Waals surface area contributed by atoms with Gasteiger partial charge in [-0.15, -0.1) is 0 Å². The van der Waals surface area contributed by atoms with E-state index in [0.717, 1.165) is 103 Å². The Morgan fingerprint density at radius 1 is 0.387 bits per heavy atom. The summed E-state index contributed by atoms with van der Waals surface area (Å²) in [5.41, 5.74) is 0. The minimum absolute atomic E-state index is 0.00786. The molecule has 62 heavy (non-hydrogen) atoms. The van der Waals surface area contributed by atoms with Crippen molar-refractivity contribution in [1.82, 2.24) is 0 Å². The van der Waals surface area contributed by atoms with Crippen molar-refractivity contribution in [2.75, 3.05) is 19.8 Å². The Bertz CT molecular complexity index is 1290. The predicted molar refractivity (Wildman–Crippen MR) is 269 cm³/mol. The molecule has 0 rings (SSSR count). The fourth-order valence-corrected chi connectivity index (χ4v) is 6.37. The third-order valence-corrected chi connectivity index (χ3v) is 10.0. The zero-order valence-corrected chi connectivity index (χ0v) is 40.1. The maximum atomic E-state index is 12.8. The van der Waals surface area contributed by atoms with Crippen molar-refractivity contribution >= 4 is 11.9 Å². The van der Waals surface area contributed by atoms with E-state index in [1.165, 1.54) is 64.2 Å². The molecule has 0 heterocycles. The molecule has 0 aromatic rings. The Morgan fingerprint density at radius 3 is 1.21 bits per heavy atom. The summed E-state index contributed by atoms with van der Waals surface area (Å²) in [6.07, 6.45) is 72.3. The first kappa shape index (κ1) is 58.3. The number of carbonyl (C=O) groups excluding carboxylic acids is 2. The summed E-state index contributed by atoms with van der Waals surface area (Å²) in [4.78, 5) is 25.3. The SMILES string of the molecule is CC/C=C\C/C=C\C/C=C\C/C=C\C/C=C\CCCCOCC(COC(=O)C/C=C\C/C=C\C/C=C\C/C=C\C/C=C\CC)OC(=O)CCCCCCCCCCCCCCC. The van der Waals surface area contributed by atoms with Gasteiger partial charge in [-0.25, -0.2) is 0 Å². The molecule has 0 fully saturated rings. The molecule has 350 valence electrons. The van der Waals surface area contributed by atoms with Crippen molar-refractivity contribution < 1.29 is 23.8 Å². The molecule has 0 aliphatic carbocycles. The third-order valence-electron chi connectivity index (χ3n) is 10.0. The van der Waals surface area contributed by atoms with Crippen LogP contribution in [0.4, 0.5) is 0 Å². The molecule has 0 aromatic carbocycles. The predicted octanol–water partition coefficient (Wildman–Crippen LogP) is 17.0. The smallest absolute Gasteiger partial charge is 0.309 e. The number of hydrogen-bond acceptors (Lipinski definition) is 5. The van der Waals surface area contributed by atoms with Crippen LogP contribution in [0.25, 0.3) is 0 Å². The van der Waals surface area contributed by atoms with Crippen LogP contribution in [0.2, 0.25) is 0 Å². The maximum Gasteiger partial charge on any atom is 0.309 e. The second kappa shape index (κ2) is 51.6. The van der Waals surface area contributed by atoms with E-state index < -0.39 is 6.10 Å². The molecule has 0 aromatic heterocycles. The summed E-state index contributed by atoms with van der Waals surface area (Å²) < 4.78 is 17.2. The van der Waals surface area contributed by atoms with Crippen LogP contribution < -0.4 is 0 Å². The van der Waals surface area contributed by atoms with Gasteiger partial charge in [0.15, 0.2) is 6.10 Å². The van der Waals surface area contributed by atoms with Crippen LogP contribution in [-0.2, 0) is 23.8 Å². The highest BCUT2D eigenvalue weighted by molar-refractivity contribution is 5.71. The molecule has 0 amide bonds. The molecule has 0 N–H and O–H groups in total. The normalized spacial score (nSPS) is 13.3. The van der Waals surface area contributed by atoms with Crippen molar-refractivity contribution in [3.63, 3.8) is 0 Å². The van der Waals surface area contributed by atoms with Gasteiger partial charge in [0.05, 0.1) is 13.0 Å². The molecule has 1 unspecified atom stereocenters. The highest BCUT2D eigenvalue weighted by Crippen LogP contribution is 2.14. The molecular weight excluding hydrogens is 765 g/mol. The summed E-state index contributed by atoms with van der Waals surface area (Å²) in [6, 6.07) is 0. The van der Waals surface area contributed by atoms with E-state index in [2.05, 4.69) is 130 Å². The number of unbranched alkanes of at least 4 members (excludes halogenated alkanes) is 14. The molecule has 0 spiro atoms. The number of ether oxygens (including phenoxy) is 3. The van der Waals surface area contributed by atoms with Gasteiger partial charge >= 0.3 is 11.9 Å². The second-order valence-corrected chi connectivity index (χ2v) is 16.0. The molecule has 5 heteroatoms. The lowest BCUT2D eigenvalue weighted by molar-refractivity contribution is -0.162. The Balaban J connectivity index is 4.49. The zero-order chi connectivity index (χ0) is 44.9. The highest BCUT2D eigenvalue weighted by atomic mass is 16.6. The summed E-state index contributed by atoms with van der Waals surface area (Å²) in [6.45, 7) is 7.38. The average molecular weight is 857 g/mol. The van der Waals surface area contributed by atoms with E-state index in [9.17, 15) is 9.59 Å². The van der Waals surface area contributed by atoms with Crippen molar-refractivity contribution in [2.45, 2.75) is 207 Å². The number of allylic oxidation sites excluding steroid dienone is 19. The molecule has 1 atom stereocenters. The summed E-state index contributed by atoms with van der Waals surface area (Å²) in [5.74, 6) is -0.574. The minimum Gasteiger partial charge on any atom is -0.461 e. The Labute approximate surface area is 382 Å². The molecular formula is C57H92O5. The fraction of sp³-hybridized carbons (Fsp3) is 0.614. The van der Waals surface area contributed by atoms with Gasteiger partial charge in [0.1, 0.15) is 6.61 Å². The zero-order valence-electron chi connectivity index (χ0n) is 40.1. The number of esters is 2. The van der Waals surface area contributed by atoms with E-state index in [0.29, 0.717) is 13.0 Å². The number of rotatable bonds is 44. The Morgan fingerprint density at radius 2 is 0.774 bits per heavy atom. The molecule has 0 bridgehead atoms. The Kier molecular flexibility index (Phi) is 48.6. The quantitative estimate of drug-likeness (QED) is 0.0347. The van der Waals surface area contributed by atoms with E-state index in [-0.39, 0.29) is 31.6 Å². The van der Waals surface area contributed by atoms with Crippen LogP contribution in [0.1, 0.15) is 201 Å². The first-order valence-corrected chi connectivity index (χ1v) is 25.1. The lowest BCUT2D eigenvalue weighted by atomic mass is 10.0. The van der Waals surface area contributed by atoms with Gasteiger partial charge in [-0.2, -0.15) is 0 Å². The minimum atomic E-state index is -0.604.